The highest BCUT2D eigenvalue weighted by Gasteiger charge is 2.07. The van der Waals surface area contributed by atoms with E-state index in [9.17, 15) is 0 Å². The Bertz CT molecular complexity index is 168. The van der Waals surface area contributed by atoms with Gasteiger partial charge >= 0.3 is 0 Å². The van der Waals surface area contributed by atoms with Crippen molar-refractivity contribution in [3.8, 4) is 0 Å². The van der Waals surface area contributed by atoms with Crippen LogP contribution in [-0.2, 0) is 0 Å². The van der Waals surface area contributed by atoms with E-state index in [1.54, 1.807) is 0 Å². The largest absolute Gasteiger partial charge is 0.388 e. The number of nitrogens with one attached hydrogen (secondary N) is 1. The second-order valence-electron chi connectivity index (χ2n) is 2.99. The van der Waals surface area contributed by atoms with Crippen molar-refractivity contribution in [1.82, 2.24) is 5.32 Å². The smallest absolute Gasteiger partial charge is 0.0147 e. The Balaban J connectivity index is 2.64. The molecule has 0 aromatic heterocycles. The minimum atomic E-state index is 1.15. The third-order valence-electron chi connectivity index (χ3n) is 2.10. The molecule has 0 bridgehead atoms. The molecule has 1 nitrogen and oxygen atoms in total. The maximum Gasteiger partial charge on any atom is 0.0147 e. The highest BCUT2D eigenvalue weighted by molar-refractivity contribution is 5.24. The summed E-state index contributed by atoms with van der Waals surface area (Å²) >= 11 is 0. The minimum absolute atomic E-state index is 1.15. The Morgan fingerprint density at radius 2 is 2.45 bits per heavy atom. The first-order chi connectivity index (χ1) is 5.38. The standard InChI is InChI=1S/C10H17N/c1-3-6-10-9(4-2)7-5-8-11-10/h4,11H,2-3,5-8H2,1H3. The maximum atomic E-state index is 3.82. The second kappa shape index (κ2) is 4.22. The second-order valence-corrected chi connectivity index (χ2v) is 2.99. The molecule has 1 heteroatoms. The van der Waals surface area contributed by atoms with E-state index in [1.165, 1.54) is 37.0 Å². The van der Waals surface area contributed by atoms with Crippen LogP contribution in [0.1, 0.15) is 32.6 Å². The third-order valence-corrected chi connectivity index (χ3v) is 2.10. The average Bonchev–Trinajstić information content (AvgIpc) is 2.06. The first-order valence-electron chi connectivity index (χ1n) is 4.46. The van der Waals surface area contributed by atoms with Gasteiger partial charge in [-0.25, -0.2) is 0 Å². The van der Waals surface area contributed by atoms with Gasteiger partial charge in [0.15, 0.2) is 0 Å². The maximum absolute atomic E-state index is 3.82. The summed E-state index contributed by atoms with van der Waals surface area (Å²) in [4.78, 5) is 0. The van der Waals surface area contributed by atoms with Gasteiger partial charge < -0.3 is 5.32 Å². The lowest BCUT2D eigenvalue weighted by Gasteiger charge is -2.19. The normalized spacial score (nSPS) is 17.9. The van der Waals surface area contributed by atoms with E-state index in [0.29, 0.717) is 0 Å². The van der Waals surface area contributed by atoms with Gasteiger partial charge in [0.25, 0.3) is 0 Å². The molecule has 1 aliphatic heterocycles. The van der Waals surface area contributed by atoms with E-state index in [1.807, 2.05) is 6.08 Å². The van der Waals surface area contributed by atoms with Gasteiger partial charge in [-0.3, -0.25) is 0 Å². The fourth-order valence-electron chi connectivity index (χ4n) is 1.51. The lowest BCUT2D eigenvalue weighted by molar-refractivity contribution is 0.636. The van der Waals surface area contributed by atoms with Crippen LogP contribution in [-0.4, -0.2) is 6.54 Å². The summed E-state index contributed by atoms with van der Waals surface area (Å²) in [6.45, 7) is 7.18. The van der Waals surface area contributed by atoms with Gasteiger partial charge in [0.05, 0.1) is 0 Å². The van der Waals surface area contributed by atoms with Crippen molar-refractivity contribution < 1.29 is 0 Å². The van der Waals surface area contributed by atoms with E-state index < -0.39 is 0 Å². The molecule has 0 saturated carbocycles. The van der Waals surface area contributed by atoms with Crippen LogP contribution in [0.4, 0.5) is 0 Å². The summed E-state index contributed by atoms with van der Waals surface area (Å²) in [7, 11) is 0. The van der Waals surface area contributed by atoms with Crippen molar-refractivity contribution in [3.63, 3.8) is 0 Å². The highest BCUT2D eigenvalue weighted by Crippen LogP contribution is 2.18. The van der Waals surface area contributed by atoms with Crippen molar-refractivity contribution >= 4 is 0 Å². The molecule has 1 N–H and O–H groups in total. The summed E-state index contributed by atoms with van der Waals surface area (Å²) in [6.07, 6.45) is 6.87. The summed E-state index contributed by atoms with van der Waals surface area (Å²) in [5.41, 5.74) is 2.85. The van der Waals surface area contributed by atoms with Crippen molar-refractivity contribution in [2.24, 2.45) is 0 Å². The Morgan fingerprint density at radius 1 is 1.64 bits per heavy atom. The fraction of sp³-hybridized carbons (Fsp3) is 0.600. The van der Waals surface area contributed by atoms with Gasteiger partial charge in [0.1, 0.15) is 0 Å². The van der Waals surface area contributed by atoms with Crippen LogP contribution in [0.15, 0.2) is 23.9 Å². The van der Waals surface area contributed by atoms with Gasteiger partial charge in [0, 0.05) is 12.2 Å². The Kier molecular flexibility index (Phi) is 3.21. The van der Waals surface area contributed by atoms with Crippen LogP contribution in [0.25, 0.3) is 0 Å². The van der Waals surface area contributed by atoms with Gasteiger partial charge in [-0.05, 0) is 24.8 Å². The average molecular weight is 151 g/mol. The van der Waals surface area contributed by atoms with Crippen molar-refractivity contribution in [3.05, 3.63) is 23.9 Å². The third kappa shape index (κ3) is 2.11. The Hall–Kier alpha value is -0.720. The van der Waals surface area contributed by atoms with Gasteiger partial charge in [-0.2, -0.15) is 0 Å². The van der Waals surface area contributed by atoms with E-state index in [2.05, 4.69) is 18.8 Å². The lowest BCUT2D eigenvalue weighted by atomic mass is 10.0. The van der Waals surface area contributed by atoms with Crippen LogP contribution in [0.2, 0.25) is 0 Å². The zero-order valence-corrected chi connectivity index (χ0v) is 7.32. The molecule has 0 amide bonds. The minimum Gasteiger partial charge on any atom is -0.388 e. The monoisotopic (exact) mass is 151 g/mol. The fourth-order valence-corrected chi connectivity index (χ4v) is 1.51. The predicted molar refractivity (Wildman–Crippen MR) is 49.4 cm³/mol. The summed E-state index contributed by atoms with van der Waals surface area (Å²) in [5.74, 6) is 0. The number of hydrogen-bond donors (Lipinski definition) is 1. The van der Waals surface area contributed by atoms with Crippen LogP contribution in [0, 0.1) is 0 Å². The van der Waals surface area contributed by atoms with E-state index in [0.717, 1.165) is 6.54 Å². The van der Waals surface area contributed by atoms with Crippen molar-refractivity contribution in [1.29, 1.82) is 0 Å². The molecule has 0 aromatic carbocycles. The SMILES string of the molecule is C=CC1=C(CCC)NCCC1. The number of allylic oxidation sites excluding steroid dienone is 3. The molecule has 1 heterocycles. The van der Waals surface area contributed by atoms with E-state index in [-0.39, 0.29) is 0 Å². The van der Waals surface area contributed by atoms with E-state index in [4.69, 9.17) is 0 Å². The molecular weight excluding hydrogens is 134 g/mol. The lowest BCUT2D eigenvalue weighted by Crippen LogP contribution is -2.21. The highest BCUT2D eigenvalue weighted by atomic mass is 14.9. The molecule has 0 atom stereocenters. The summed E-state index contributed by atoms with van der Waals surface area (Å²) in [5, 5.41) is 3.43. The van der Waals surface area contributed by atoms with Crippen LogP contribution in [0.5, 0.6) is 0 Å². The molecule has 62 valence electrons. The predicted octanol–water partition coefficient (Wildman–Crippen LogP) is 2.61. The Labute approximate surface area is 69.2 Å². The van der Waals surface area contributed by atoms with E-state index >= 15 is 0 Å². The van der Waals surface area contributed by atoms with Crippen LogP contribution < -0.4 is 5.32 Å². The molecule has 0 aliphatic carbocycles. The zero-order chi connectivity index (χ0) is 8.10. The number of rotatable bonds is 3. The molecule has 0 radical (unpaired) electrons. The van der Waals surface area contributed by atoms with Crippen LogP contribution in [0.3, 0.4) is 0 Å². The van der Waals surface area contributed by atoms with Gasteiger partial charge in [0.2, 0.25) is 0 Å². The van der Waals surface area contributed by atoms with Crippen LogP contribution >= 0.6 is 0 Å². The zero-order valence-electron chi connectivity index (χ0n) is 7.32. The summed E-state index contributed by atoms with van der Waals surface area (Å²) in [6, 6.07) is 0. The number of hydrogen-bond acceptors (Lipinski definition) is 1. The topological polar surface area (TPSA) is 12.0 Å². The first kappa shape index (κ1) is 8.38. The molecule has 0 unspecified atom stereocenters. The van der Waals surface area contributed by atoms with Crippen molar-refractivity contribution in [2.45, 2.75) is 32.6 Å². The summed E-state index contributed by atoms with van der Waals surface area (Å²) < 4.78 is 0. The molecule has 0 spiro atoms. The van der Waals surface area contributed by atoms with Gasteiger partial charge in [-0.1, -0.05) is 26.0 Å². The molecule has 1 aliphatic rings. The first-order valence-corrected chi connectivity index (χ1v) is 4.46. The van der Waals surface area contributed by atoms with Crippen molar-refractivity contribution in [2.75, 3.05) is 6.54 Å². The molecule has 0 aromatic rings. The molecule has 0 fully saturated rings. The quantitative estimate of drug-likeness (QED) is 0.653. The molecular formula is C10H17N. The molecule has 1 rings (SSSR count). The molecule has 11 heavy (non-hydrogen) atoms. The Morgan fingerprint density at radius 3 is 3.09 bits per heavy atom. The van der Waals surface area contributed by atoms with Gasteiger partial charge in [-0.15, -0.1) is 0 Å². The molecule has 0 saturated heterocycles.